The minimum atomic E-state index is 0.104. The molecule has 0 heterocycles. The minimum Gasteiger partial charge on any atom is -0.379 e. The van der Waals surface area contributed by atoms with Gasteiger partial charge in [0.2, 0.25) is 0 Å². The van der Waals surface area contributed by atoms with Crippen molar-refractivity contribution in [2.24, 2.45) is 17.1 Å². The summed E-state index contributed by atoms with van der Waals surface area (Å²) in [6, 6.07) is 0. The second kappa shape index (κ2) is 7.20. The molecule has 0 radical (unpaired) electrons. The van der Waals surface area contributed by atoms with Crippen LogP contribution in [0.2, 0.25) is 0 Å². The molecule has 0 aromatic rings. The van der Waals surface area contributed by atoms with Gasteiger partial charge in [-0.15, -0.1) is 0 Å². The van der Waals surface area contributed by atoms with Gasteiger partial charge in [0.05, 0.1) is 19.3 Å². The molecule has 0 saturated heterocycles. The lowest BCUT2D eigenvalue weighted by Gasteiger charge is -2.29. The molecule has 0 bridgehead atoms. The maximum atomic E-state index is 5.69. The van der Waals surface area contributed by atoms with Gasteiger partial charge in [-0.1, -0.05) is 34.6 Å². The van der Waals surface area contributed by atoms with Crippen LogP contribution in [-0.4, -0.2) is 32.5 Å². The monoisotopic (exact) mass is 217 g/mol. The molecule has 3 nitrogen and oxygen atoms in total. The van der Waals surface area contributed by atoms with Crippen LogP contribution in [-0.2, 0) is 9.47 Å². The summed E-state index contributed by atoms with van der Waals surface area (Å²) < 4.78 is 11.1. The molecule has 0 fully saturated rings. The van der Waals surface area contributed by atoms with Gasteiger partial charge < -0.3 is 15.2 Å². The van der Waals surface area contributed by atoms with Crippen molar-refractivity contribution in [2.75, 3.05) is 26.4 Å². The molecule has 0 aliphatic carbocycles. The van der Waals surface area contributed by atoms with Crippen molar-refractivity contribution in [1.29, 1.82) is 0 Å². The Labute approximate surface area is 94.3 Å². The van der Waals surface area contributed by atoms with Gasteiger partial charge in [-0.2, -0.15) is 0 Å². The van der Waals surface area contributed by atoms with Crippen molar-refractivity contribution in [1.82, 2.24) is 0 Å². The van der Waals surface area contributed by atoms with Gasteiger partial charge in [-0.3, -0.25) is 0 Å². The summed E-state index contributed by atoms with van der Waals surface area (Å²) in [6.07, 6.45) is 0.111. The van der Waals surface area contributed by atoms with Gasteiger partial charge in [-0.25, -0.2) is 0 Å². The van der Waals surface area contributed by atoms with Crippen LogP contribution in [0.4, 0.5) is 0 Å². The highest BCUT2D eigenvalue weighted by Crippen LogP contribution is 2.21. The lowest BCUT2D eigenvalue weighted by atomic mass is 9.89. The largest absolute Gasteiger partial charge is 0.379 e. The van der Waals surface area contributed by atoms with Gasteiger partial charge in [0, 0.05) is 13.2 Å². The molecule has 3 heteroatoms. The van der Waals surface area contributed by atoms with Crippen LogP contribution >= 0.6 is 0 Å². The average molecular weight is 217 g/mol. The third-order valence-corrected chi connectivity index (χ3v) is 2.18. The summed E-state index contributed by atoms with van der Waals surface area (Å²) in [5.74, 6) is 0.581. The van der Waals surface area contributed by atoms with Crippen LogP contribution in [0.5, 0.6) is 0 Å². The zero-order chi connectivity index (χ0) is 11.9. The van der Waals surface area contributed by atoms with Crippen molar-refractivity contribution >= 4 is 0 Å². The lowest BCUT2D eigenvalue weighted by Crippen LogP contribution is -2.37. The number of hydrogen-bond acceptors (Lipinski definition) is 3. The zero-order valence-corrected chi connectivity index (χ0v) is 10.9. The van der Waals surface area contributed by atoms with E-state index in [9.17, 15) is 0 Å². The van der Waals surface area contributed by atoms with Crippen LogP contribution in [0.25, 0.3) is 0 Å². The summed E-state index contributed by atoms with van der Waals surface area (Å²) >= 11 is 0. The van der Waals surface area contributed by atoms with Gasteiger partial charge >= 0.3 is 0 Å². The SMILES string of the molecule is CC(C)COCCOC(CN)C(C)(C)C. The Balaban J connectivity index is 3.56. The predicted octanol–water partition coefficient (Wildman–Crippen LogP) is 2.05. The molecule has 0 amide bonds. The third-order valence-electron chi connectivity index (χ3n) is 2.18. The summed E-state index contributed by atoms with van der Waals surface area (Å²) in [5.41, 5.74) is 5.76. The molecule has 0 aromatic heterocycles. The predicted molar refractivity (Wildman–Crippen MR) is 63.9 cm³/mol. The fraction of sp³-hybridized carbons (Fsp3) is 1.00. The van der Waals surface area contributed by atoms with E-state index in [-0.39, 0.29) is 11.5 Å². The number of ether oxygens (including phenoxy) is 2. The maximum Gasteiger partial charge on any atom is 0.0746 e. The smallest absolute Gasteiger partial charge is 0.0746 e. The molecule has 0 spiro atoms. The van der Waals surface area contributed by atoms with Gasteiger partial charge in [0.25, 0.3) is 0 Å². The fourth-order valence-electron chi connectivity index (χ4n) is 1.24. The van der Waals surface area contributed by atoms with E-state index in [1.54, 1.807) is 0 Å². The molecule has 0 aliphatic rings. The van der Waals surface area contributed by atoms with Gasteiger partial charge in [-0.05, 0) is 11.3 Å². The second-order valence-electron chi connectivity index (χ2n) is 5.43. The van der Waals surface area contributed by atoms with E-state index >= 15 is 0 Å². The van der Waals surface area contributed by atoms with Crippen LogP contribution in [0.3, 0.4) is 0 Å². The zero-order valence-electron chi connectivity index (χ0n) is 10.9. The van der Waals surface area contributed by atoms with Crippen molar-refractivity contribution in [3.63, 3.8) is 0 Å². The van der Waals surface area contributed by atoms with E-state index in [2.05, 4.69) is 34.6 Å². The highest BCUT2D eigenvalue weighted by molar-refractivity contribution is 4.74. The van der Waals surface area contributed by atoms with Gasteiger partial charge in [0.15, 0.2) is 0 Å². The standard InChI is InChI=1S/C12H27NO2/c1-10(2)9-14-6-7-15-11(8-13)12(3,4)5/h10-11H,6-9,13H2,1-5H3. The quantitative estimate of drug-likeness (QED) is 0.664. The first-order chi connectivity index (χ1) is 6.88. The van der Waals surface area contributed by atoms with E-state index in [0.29, 0.717) is 25.7 Å². The lowest BCUT2D eigenvalue weighted by molar-refractivity contribution is -0.0407. The van der Waals surface area contributed by atoms with E-state index in [0.717, 1.165) is 6.61 Å². The summed E-state index contributed by atoms with van der Waals surface area (Å²) in [6.45, 7) is 13.3. The molecule has 0 rings (SSSR count). The number of rotatable bonds is 7. The Morgan fingerprint density at radius 3 is 2.13 bits per heavy atom. The van der Waals surface area contributed by atoms with E-state index < -0.39 is 0 Å². The first kappa shape index (κ1) is 14.9. The van der Waals surface area contributed by atoms with Crippen molar-refractivity contribution < 1.29 is 9.47 Å². The summed E-state index contributed by atoms with van der Waals surface area (Å²) in [7, 11) is 0. The fourth-order valence-corrected chi connectivity index (χ4v) is 1.24. The van der Waals surface area contributed by atoms with Crippen LogP contribution < -0.4 is 5.73 Å². The molecular formula is C12H27NO2. The topological polar surface area (TPSA) is 44.5 Å². The first-order valence-corrected chi connectivity index (χ1v) is 5.77. The molecule has 0 aromatic carbocycles. The highest BCUT2D eigenvalue weighted by Gasteiger charge is 2.23. The average Bonchev–Trinajstić information content (AvgIpc) is 2.08. The van der Waals surface area contributed by atoms with Crippen molar-refractivity contribution in [3.8, 4) is 0 Å². The van der Waals surface area contributed by atoms with E-state index in [1.165, 1.54) is 0 Å². The maximum absolute atomic E-state index is 5.69. The van der Waals surface area contributed by atoms with Crippen LogP contribution in [0, 0.1) is 11.3 Å². The van der Waals surface area contributed by atoms with Crippen molar-refractivity contribution in [2.45, 2.75) is 40.7 Å². The molecule has 1 atom stereocenters. The van der Waals surface area contributed by atoms with E-state index in [4.69, 9.17) is 15.2 Å². The Morgan fingerprint density at radius 2 is 1.73 bits per heavy atom. The molecule has 0 saturated carbocycles. The highest BCUT2D eigenvalue weighted by atomic mass is 16.5. The minimum absolute atomic E-state index is 0.104. The Hall–Kier alpha value is -0.120. The first-order valence-electron chi connectivity index (χ1n) is 5.77. The Bertz CT molecular complexity index is 152. The molecule has 92 valence electrons. The molecular weight excluding hydrogens is 190 g/mol. The Morgan fingerprint density at radius 1 is 1.13 bits per heavy atom. The molecule has 1 unspecified atom stereocenters. The van der Waals surface area contributed by atoms with Crippen LogP contribution in [0.1, 0.15) is 34.6 Å². The van der Waals surface area contributed by atoms with Crippen molar-refractivity contribution in [3.05, 3.63) is 0 Å². The number of hydrogen-bond donors (Lipinski definition) is 1. The van der Waals surface area contributed by atoms with Gasteiger partial charge in [0.1, 0.15) is 0 Å². The summed E-state index contributed by atoms with van der Waals surface area (Å²) in [5, 5.41) is 0. The molecule has 15 heavy (non-hydrogen) atoms. The second-order valence-corrected chi connectivity index (χ2v) is 5.43. The normalized spacial score (nSPS) is 14.6. The molecule has 0 aliphatic heterocycles. The van der Waals surface area contributed by atoms with E-state index in [1.807, 2.05) is 0 Å². The third kappa shape index (κ3) is 7.77. The Kier molecular flexibility index (Phi) is 7.14. The molecule has 2 N–H and O–H groups in total. The number of nitrogens with two attached hydrogens (primary N) is 1. The van der Waals surface area contributed by atoms with Crippen LogP contribution in [0.15, 0.2) is 0 Å². The summed E-state index contributed by atoms with van der Waals surface area (Å²) in [4.78, 5) is 0.